The minimum absolute atomic E-state index is 0.0886. The molecule has 0 saturated carbocycles. The first-order chi connectivity index (χ1) is 10.0. The summed E-state index contributed by atoms with van der Waals surface area (Å²) in [6.45, 7) is 2.52. The Labute approximate surface area is 125 Å². The van der Waals surface area contributed by atoms with Crippen molar-refractivity contribution in [2.75, 3.05) is 19.4 Å². The summed E-state index contributed by atoms with van der Waals surface area (Å²) in [6, 6.07) is 5.32. The van der Waals surface area contributed by atoms with Crippen LogP contribution in [0.5, 0.6) is 0 Å². The molecule has 116 valence electrons. The highest BCUT2D eigenvalue weighted by Gasteiger charge is 2.08. The number of unbranched alkanes of at least 4 members (excludes halogenated alkanes) is 3. The van der Waals surface area contributed by atoms with E-state index in [2.05, 4.69) is 10.1 Å². The molecule has 0 unspecified atom stereocenters. The van der Waals surface area contributed by atoms with Gasteiger partial charge in [-0.05, 0) is 37.5 Å². The highest BCUT2D eigenvalue weighted by Crippen LogP contribution is 2.12. The Morgan fingerprint density at radius 1 is 1.19 bits per heavy atom. The second kappa shape index (κ2) is 9.00. The molecule has 21 heavy (non-hydrogen) atoms. The molecule has 0 fully saturated rings. The number of nitrogens with one attached hydrogen (secondary N) is 1. The van der Waals surface area contributed by atoms with Crippen LogP contribution in [-0.2, 0) is 9.53 Å². The Bertz CT molecular complexity index is 486. The molecule has 5 nitrogen and oxygen atoms in total. The number of benzene rings is 1. The average Bonchev–Trinajstić information content (AvgIpc) is 2.48. The molecule has 0 atom stereocenters. The van der Waals surface area contributed by atoms with Crippen molar-refractivity contribution in [1.29, 1.82) is 0 Å². The third-order valence-corrected chi connectivity index (χ3v) is 3.33. The number of amides is 1. The Kier molecular flexibility index (Phi) is 7.29. The maximum absolute atomic E-state index is 12.0. The number of hydrogen-bond donors (Lipinski definition) is 2. The van der Waals surface area contributed by atoms with Crippen LogP contribution in [-0.4, -0.2) is 25.5 Å². The maximum Gasteiger partial charge on any atom is 0.305 e. The summed E-state index contributed by atoms with van der Waals surface area (Å²) in [7, 11) is 1.40. The molecule has 3 N–H and O–H groups in total. The van der Waals surface area contributed by atoms with Gasteiger partial charge in [0.05, 0.1) is 7.11 Å². The highest BCUT2D eigenvalue weighted by molar-refractivity contribution is 5.96. The topological polar surface area (TPSA) is 81.4 Å². The van der Waals surface area contributed by atoms with Crippen molar-refractivity contribution in [1.82, 2.24) is 5.32 Å². The van der Waals surface area contributed by atoms with Crippen LogP contribution in [0.25, 0.3) is 0 Å². The summed E-state index contributed by atoms with van der Waals surface area (Å²) in [4.78, 5) is 22.9. The predicted molar refractivity (Wildman–Crippen MR) is 83.0 cm³/mol. The van der Waals surface area contributed by atoms with E-state index in [1.54, 1.807) is 12.1 Å². The van der Waals surface area contributed by atoms with Gasteiger partial charge in [0, 0.05) is 24.2 Å². The number of aryl methyl sites for hydroxylation is 1. The summed E-state index contributed by atoms with van der Waals surface area (Å²) in [5.41, 5.74) is 7.83. The van der Waals surface area contributed by atoms with Crippen molar-refractivity contribution in [2.45, 2.75) is 39.0 Å². The zero-order chi connectivity index (χ0) is 15.7. The first-order valence-electron chi connectivity index (χ1n) is 7.25. The molecule has 0 bridgehead atoms. The SMILES string of the molecule is COC(=O)CCCCCCNC(=O)c1cc(N)ccc1C. The molecule has 1 aromatic rings. The fourth-order valence-corrected chi connectivity index (χ4v) is 2.03. The minimum atomic E-state index is -0.166. The van der Waals surface area contributed by atoms with Crippen molar-refractivity contribution in [3.05, 3.63) is 29.3 Å². The zero-order valence-corrected chi connectivity index (χ0v) is 12.8. The van der Waals surface area contributed by atoms with Crippen LogP contribution in [0, 0.1) is 6.92 Å². The Balaban J connectivity index is 2.19. The van der Waals surface area contributed by atoms with E-state index in [9.17, 15) is 9.59 Å². The van der Waals surface area contributed by atoms with Crippen LogP contribution in [0.4, 0.5) is 5.69 Å². The lowest BCUT2D eigenvalue weighted by Crippen LogP contribution is -2.25. The number of nitrogens with two attached hydrogens (primary N) is 1. The van der Waals surface area contributed by atoms with Crippen LogP contribution >= 0.6 is 0 Å². The molecular weight excluding hydrogens is 268 g/mol. The third kappa shape index (κ3) is 6.29. The van der Waals surface area contributed by atoms with E-state index < -0.39 is 0 Å². The van der Waals surface area contributed by atoms with E-state index in [4.69, 9.17) is 5.73 Å². The van der Waals surface area contributed by atoms with E-state index >= 15 is 0 Å². The predicted octanol–water partition coefficient (Wildman–Crippen LogP) is 2.43. The highest BCUT2D eigenvalue weighted by atomic mass is 16.5. The molecule has 0 saturated heterocycles. The van der Waals surface area contributed by atoms with Gasteiger partial charge in [-0.2, -0.15) is 0 Å². The van der Waals surface area contributed by atoms with Gasteiger partial charge >= 0.3 is 5.97 Å². The monoisotopic (exact) mass is 292 g/mol. The van der Waals surface area contributed by atoms with Crippen molar-refractivity contribution in [3.63, 3.8) is 0 Å². The number of esters is 1. The molecule has 0 spiro atoms. The lowest BCUT2D eigenvalue weighted by Gasteiger charge is -2.08. The van der Waals surface area contributed by atoms with Crippen molar-refractivity contribution in [2.24, 2.45) is 0 Å². The first kappa shape index (κ1) is 17.0. The van der Waals surface area contributed by atoms with E-state index in [0.29, 0.717) is 24.2 Å². The number of hydrogen-bond acceptors (Lipinski definition) is 4. The number of carbonyl (C=O) groups is 2. The number of nitrogen functional groups attached to an aromatic ring is 1. The van der Waals surface area contributed by atoms with Gasteiger partial charge in [0.15, 0.2) is 0 Å². The summed E-state index contributed by atoms with van der Waals surface area (Å²) in [5, 5.41) is 2.89. The zero-order valence-electron chi connectivity index (χ0n) is 12.8. The van der Waals surface area contributed by atoms with Crippen molar-refractivity contribution in [3.8, 4) is 0 Å². The Morgan fingerprint density at radius 3 is 2.62 bits per heavy atom. The average molecular weight is 292 g/mol. The van der Waals surface area contributed by atoms with Crippen molar-refractivity contribution >= 4 is 17.6 Å². The normalized spacial score (nSPS) is 10.2. The molecule has 0 heterocycles. The third-order valence-electron chi connectivity index (χ3n) is 3.33. The molecule has 0 aromatic heterocycles. The Morgan fingerprint density at radius 2 is 1.90 bits per heavy atom. The van der Waals surface area contributed by atoms with Gasteiger partial charge in [-0.25, -0.2) is 0 Å². The Hall–Kier alpha value is -2.04. The maximum atomic E-state index is 12.0. The van der Waals surface area contributed by atoms with E-state index in [1.165, 1.54) is 7.11 Å². The number of rotatable bonds is 8. The van der Waals surface area contributed by atoms with Gasteiger partial charge in [-0.1, -0.05) is 18.9 Å². The summed E-state index contributed by atoms with van der Waals surface area (Å²) in [5.74, 6) is -0.255. The van der Waals surface area contributed by atoms with Gasteiger partial charge in [-0.3, -0.25) is 9.59 Å². The summed E-state index contributed by atoms with van der Waals surface area (Å²) < 4.78 is 4.57. The fourth-order valence-electron chi connectivity index (χ4n) is 2.03. The standard InChI is InChI=1S/C16H24N2O3/c1-12-8-9-13(17)11-14(12)16(20)18-10-6-4-3-5-7-15(19)21-2/h8-9,11H,3-7,10,17H2,1-2H3,(H,18,20). The van der Waals surface area contributed by atoms with Crippen LogP contribution in [0.3, 0.4) is 0 Å². The summed E-state index contributed by atoms with van der Waals surface area (Å²) in [6.07, 6.45) is 4.13. The van der Waals surface area contributed by atoms with Gasteiger partial charge < -0.3 is 15.8 Å². The second-order valence-electron chi connectivity index (χ2n) is 5.07. The summed E-state index contributed by atoms with van der Waals surface area (Å²) >= 11 is 0. The molecule has 0 aliphatic heterocycles. The minimum Gasteiger partial charge on any atom is -0.469 e. The lowest BCUT2D eigenvalue weighted by atomic mass is 10.1. The fraction of sp³-hybridized carbons (Fsp3) is 0.500. The number of anilines is 1. The molecule has 0 aliphatic rings. The van der Waals surface area contributed by atoms with Crippen LogP contribution in [0.1, 0.15) is 48.0 Å². The quantitative estimate of drug-likeness (QED) is 0.438. The second-order valence-corrected chi connectivity index (χ2v) is 5.07. The van der Waals surface area contributed by atoms with E-state index in [1.807, 2.05) is 13.0 Å². The van der Waals surface area contributed by atoms with E-state index in [-0.39, 0.29) is 11.9 Å². The molecule has 0 radical (unpaired) electrons. The largest absolute Gasteiger partial charge is 0.469 e. The molecular formula is C16H24N2O3. The molecule has 5 heteroatoms. The molecule has 1 amide bonds. The van der Waals surface area contributed by atoms with Crippen LogP contribution in [0.2, 0.25) is 0 Å². The molecule has 1 aromatic carbocycles. The van der Waals surface area contributed by atoms with Crippen LogP contribution < -0.4 is 11.1 Å². The number of ether oxygens (including phenoxy) is 1. The number of carbonyl (C=O) groups excluding carboxylic acids is 2. The van der Waals surface area contributed by atoms with Gasteiger partial charge in [0.1, 0.15) is 0 Å². The molecule has 1 rings (SSSR count). The van der Waals surface area contributed by atoms with E-state index in [0.717, 1.165) is 31.2 Å². The van der Waals surface area contributed by atoms with Gasteiger partial charge in [0.25, 0.3) is 5.91 Å². The first-order valence-corrected chi connectivity index (χ1v) is 7.25. The molecule has 0 aliphatic carbocycles. The van der Waals surface area contributed by atoms with Crippen molar-refractivity contribution < 1.29 is 14.3 Å². The lowest BCUT2D eigenvalue weighted by molar-refractivity contribution is -0.140. The smallest absolute Gasteiger partial charge is 0.305 e. The van der Waals surface area contributed by atoms with Crippen LogP contribution in [0.15, 0.2) is 18.2 Å². The van der Waals surface area contributed by atoms with Gasteiger partial charge in [-0.15, -0.1) is 0 Å². The van der Waals surface area contributed by atoms with Gasteiger partial charge in [0.2, 0.25) is 0 Å². The number of methoxy groups -OCH3 is 1.